The van der Waals surface area contributed by atoms with Crippen molar-refractivity contribution >= 4 is 5.91 Å². The first-order valence-electron chi connectivity index (χ1n) is 9.99. The summed E-state index contributed by atoms with van der Waals surface area (Å²) in [6, 6.07) is 18.6. The number of benzene rings is 2. The minimum absolute atomic E-state index is 0.0372. The van der Waals surface area contributed by atoms with Gasteiger partial charge in [-0.1, -0.05) is 59.8 Å². The number of aryl methyl sites for hydroxylation is 2. The predicted molar refractivity (Wildman–Crippen MR) is 110 cm³/mol. The molecule has 1 saturated heterocycles. The zero-order valence-electron chi connectivity index (χ0n) is 16.5. The Labute approximate surface area is 166 Å². The van der Waals surface area contributed by atoms with Crippen molar-refractivity contribution in [2.75, 3.05) is 13.1 Å². The molecule has 0 atom stereocenters. The molecule has 2 aromatic carbocycles. The molecule has 3 aromatic rings. The molecule has 1 amide bonds. The Kier molecular flexibility index (Phi) is 5.29. The Morgan fingerprint density at radius 1 is 1.04 bits per heavy atom. The maximum Gasteiger partial charge on any atom is 0.259 e. The van der Waals surface area contributed by atoms with Gasteiger partial charge in [0, 0.05) is 18.7 Å². The number of carbonyl (C=O) groups excluding carboxylic acids is 1. The molecule has 144 valence electrons. The predicted octanol–water partition coefficient (Wildman–Crippen LogP) is 5.05. The molecule has 2 heterocycles. The van der Waals surface area contributed by atoms with Crippen molar-refractivity contribution in [3.8, 4) is 11.3 Å². The quantitative estimate of drug-likeness (QED) is 0.642. The molecule has 0 spiro atoms. The molecular weight excluding hydrogens is 348 g/mol. The van der Waals surface area contributed by atoms with Crippen LogP contribution in [0.25, 0.3) is 11.3 Å². The van der Waals surface area contributed by atoms with Gasteiger partial charge in [0.15, 0.2) is 5.76 Å². The number of likely N-dealkylation sites (tertiary alicyclic amines) is 1. The van der Waals surface area contributed by atoms with Gasteiger partial charge < -0.3 is 9.42 Å². The van der Waals surface area contributed by atoms with Crippen LogP contribution in [0.2, 0.25) is 0 Å². The van der Waals surface area contributed by atoms with Gasteiger partial charge in [0.25, 0.3) is 5.91 Å². The van der Waals surface area contributed by atoms with E-state index in [-0.39, 0.29) is 5.91 Å². The van der Waals surface area contributed by atoms with Crippen LogP contribution in [0, 0.1) is 19.8 Å². The Morgan fingerprint density at radius 2 is 1.71 bits per heavy atom. The molecule has 1 aliphatic rings. The summed E-state index contributed by atoms with van der Waals surface area (Å²) in [5.74, 6) is 1.26. The van der Waals surface area contributed by atoms with Crippen LogP contribution in [0.1, 0.15) is 40.0 Å². The summed E-state index contributed by atoms with van der Waals surface area (Å²) in [6.07, 6.45) is 3.15. The highest BCUT2D eigenvalue weighted by Crippen LogP contribution is 2.31. The highest BCUT2D eigenvalue weighted by atomic mass is 16.5. The molecule has 1 aliphatic heterocycles. The van der Waals surface area contributed by atoms with Crippen LogP contribution in [0.3, 0.4) is 0 Å². The molecule has 1 fully saturated rings. The zero-order chi connectivity index (χ0) is 19.5. The maximum absolute atomic E-state index is 13.3. The highest BCUT2D eigenvalue weighted by Gasteiger charge is 2.29. The summed E-state index contributed by atoms with van der Waals surface area (Å²) in [6.45, 7) is 5.44. The average molecular weight is 374 g/mol. The fourth-order valence-electron chi connectivity index (χ4n) is 4.08. The van der Waals surface area contributed by atoms with Crippen molar-refractivity contribution in [1.82, 2.24) is 10.1 Å². The third kappa shape index (κ3) is 3.72. The molecular formula is C24H26N2O2. The fraction of sp³-hybridized carbons (Fsp3) is 0.333. The largest absolute Gasteiger partial charge is 0.355 e. The van der Waals surface area contributed by atoms with Crippen molar-refractivity contribution in [3.05, 3.63) is 77.0 Å². The maximum atomic E-state index is 13.3. The van der Waals surface area contributed by atoms with Crippen molar-refractivity contribution < 1.29 is 9.32 Å². The summed E-state index contributed by atoms with van der Waals surface area (Å²) in [5.41, 5.74) is 4.66. The Bertz CT molecular complexity index is 954. The Morgan fingerprint density at radius 3 is 2.43 bits per heavy atom. The summed E-state index contributed by atoms with van der Waals surface area (Å²) >= 11 is 0. The fourth-order valence-corrected chi connectivity index (χ4v) is 4.08. The van der Waals surface area contributed by atoms with Crippen molar-refractivity contribution in [3.63, 3.8) is 0 Å². The van der Waals surface area contributed by atoms with E-state index in [4.69, 9.17) is 4.52 Å². The number of nitrogens with zero attached hydrogens (tertiary/aromatic N) is 2. The van der Waals surface area contributed by atoms with Crippen LogP contribution >= 0.6 is 0 Å². The topological polar surface area (TPSA) is 46.3 Å². The number of aromatic nitrogens is 1. The van der Waals surface area contributed by atoms with Crippen LogP contribution in [0.5, 0.6) is 0 Å². The molecule has 0 radical (unpaired) electrons. The van der Waals surface area contributed by atoms with E-state index >= 15 is 0 Å². The summed E-state index contributed by atoms with van der Waals surface area (Å²) in [7, 11) is 0. The number of hydrogen-bond acceptors (Lipinski definition) is 3. The Balaban J connectivity index is 1.48. The second-order valence-electron chi connectivity index (χ2n) is 7.71. The normalized spacial score (nSPS) is 15.0. The van der Waals surface area contributed by atoms with Gasteiger partial charge in [-0.3, -0.25) is 4.79 Å². The van der Waals surface area contributed by atoms with Gasteiger partial charge in [0.1, 0.15) is 5.56 Å². The monoisotopic (exact) mass is 374 g/mol. The molecule has 0 bridgehead atoms. The number of carbonyl (C=O) groups is 1. The molecule has 4 heteroatoms. The first-order chi connectivity index (χ1) is 13.6. The standard InChI is InChI=1S/C24H26N2O2/c1-17-8-6-7-11-21(17)23-22(18(2)25-28-23)24(27)26-14-12-20(13-15-26)16-19-9-4-3-5-10-19/h3-11,20H,12-16H2,1-2H3. The van der Waals surface area contributed by atoms with Crippen LogP contribution in [-0.4, -0.2) is 29.1 Å². The van der Waals surface area contributed by atoms with Crippen LogP contribution in [0.15, 0.2) is 59.1 Å². The molecule has 28 heavy (non-hydrogen) atoms. The zero-order valence-corrected chi connectivity index (χ0v) is 16.5. The number of piperidine rings is 1. The summed E-state index contributed by atoms with van der Waals surface area (Å²) in [5, 5.41) is 4.10. The third-order valence-corrected chi connectivity index (χ3v) is 5.74. The molecule has 0 aliphatic carbocycles. The van der Waals surface area contributed by atoms with Crippen LogP contribution in [0.4, 0.5) is 0 Å². The van der Waals surface area contributed by atoms with E-state index in [9.17, 15) is 4.79 Å². The van der Waals surface area contributed by atoms with Gasteiger partial charge in [-0.15, -0.1) is 0 Å². The van der Waals surface area contributed by atoms with E-state index in [0.29, 0.717) is 22.9 Å². The first kappa shape index (κ1) is 18.5. The second kappa shape index (κ2) is 8.01. The Hall–Kier alpha value is -2.88. The van der Waals surface area contributed by atoms with Crippen molar-refractivity contribution in [2.24, 2.45) is 5.92 Å². The minimum Gasteiger partial charge on any atom is -0.355 e. The van der Waals surface area contributed by atoms with Gasteiger partial charge in [0.05, 0.1) is 5.69 Å². The SMILES string of the molecule is Cc1ccccc1-c1onc(C)c1C(=O)N1CCC(Cc2ccccc2)CC1. The molecule has 4 nitrogen and oxygen atoms in total. The van der Waals surface area contributed by atoms with Gasteiger partial charge in [-0.25, -0.2) is 0 Å². The molecule has 0 N–H and O–H groups in total. The van der Waals surface area contributed by atoms with E-state index in [1.807, 2.05) is 43.0 Å². The molecule has 0 saturated carbocycles. The lowest BCUT2D eigenvalue weighted by Gasteiger charge is -2.32. The van der Waals surface area contributed by atoms with Gasteiger partial charge in [-0.2, -0.15) is 0 Å². The van der Waals surface area contributed by atoms with Gasteiger partial charge in [-0.05, 0) is 50.2 Å². The molecule has 1 aromatic heterocycles. The van der Waals surface area contributed by atoms with E-state index in [1.54, 1.807) is 0 Å². The van der Waals surface area contributed by atoms with Crippen LogP contribution < -0.4 is 0 Å². The van der Waals surface area contributed by atoms with E-state index < -0.39 is 0 Å². The van der Waals surface area contributed by atoms with Gasteiger partial charge >= 0.3 is 0 Å². The van der Waals surface area contributed by atoms with Crippen molar-refractivity contribution in [2.45, 2.75) is 33.1 Å². The van der Waals surface area contributed by atoms with Crippen molar-refractivity contribution in [1.29, 1.82) is 0 Å². The number of rotatable bonds is 4. The smallest absolute Gasteiger partial charge is 0.259 e. The van der Waals surface area contributed by atoms with E-state index in [1.165, 1.54) is 5.56 Å². The lowest BCUT2D eigenvalue weighted by Crippen LogP contribution is -2.39. The van der Waals surface area contributed by atoms with Gasteiger partial charge in [0.2, 0.25) is 0 Å². The lowest BCUT2D eigenvalue weighted by atomic mass is 9.90. The number of amides is 1. The first-order valence-corrected chi connectivity index (χ1v) is 9.99. The second-order valence-corrected chi connectivity index (χ2v) is 7.71. The molecule has 4 rings (SSSR count). The van der Waals surface area contributed by atoms with E-state index in [2.05, 4.69) is 35.5 Å². The minimum atomic E-state index is 0.0372. The third-order valence-electron chi connectivity index (χ3n) is 5.74. The highest BCUT2D eigenvalue weighted by molar-refractivity contribution is 6.00. The summed E-state index contributed by atoms with van der Waals surface area (Å²) < 4.78 is 5.58. The number of hydrogen-bond donors (Lipinski definition) is 0. The lowest BCUT2D eigenvalue weighted by molar-refractivity contribution is 0.0690. The van der Waals surface area contributed by atoms with E-state index in [0.717, 1.165) is 43.5 Å². The summed E-state index contributed by atoms with van der Waals surface area (Å²) in [4.78, 5) is 15.2. The average Bonchev–Trinajstić information content (AvgIpc) is 3.10. The molecule has 0 unspecified atom stereocenters. The van der Waals surface area contributed by atoms with Crippen LogP contribution in [-0.2, 0) is 6.42 Å².